The highest BCUT2D eigenvalue weighted by Crippen LogP contribution is 2.25. The van der Waals surface area contributed by atoms with Crippen LogP contribution in [-0.2, 0) is 4.79 Å². The first-order valence-corrected chi connectivity index (χ1v) is 8.57. The second kappa shape index (κ2) is 8.13. The lowest BCUT2D eigenvalue weighted by Crippen LogP contribution is -2.23. The van der Waals surface area contributed by atoms with Crippen LogP contribution in [0.2, 0.25) is 0 Å². The minimum Gasteiger partial charge on any atom is -0.490 e. The van der Waals surface area contributed by atoms with E-state index in [1.807, 2.05) is 42.5 Å². The van der Waals surface area contributed by atoms with Gasteiger partial charge in [-0.1, -0.05) is 18.2 Å². The lowest BCUT2D eigenvalue weighted by Gasteiger charge is -2.05. The second-order valence-electron chi connectivity index (χ2n) is 5.81. The molecule has 0 N–H and O–H groups in total. The first kappa shape index (κ1) is 17.4. The van der Waals surface area contributed by atoms with Crippen molar-refractivity contribution in [1.82, 2.24) is 9.97 Å². The maximum absolute atomic E-state index is 11.7. The zero-order chi connectivity index (χ0) is 19.2. The smallest absolute Gasteiger partial charge is 0.288 e. The molecule has 28 heavy (non-hydrogen) atoms. The molecule has 0 fully saturated rings. The molecule has 0 spiro atoms. The molecule has 1 aliphatic rings. The van der Waals surface area contributed by atoms with Crippen molar-refractivity contribution in [3.63, 3.8) is 0 Å². The van der Waals surface area contributed by atoms with Crippen molar-refractivity contribution in [2.24, 2.45) is 15.0 Å². The summed E-state index contributed by atoms with van der Waals surface area (Å²) in [6.07, 6.45) is 9.01. The summed E-state index contributed by atoms with van der Waals surface area (Å²) in [5, 5.41) is 2.20. The molecular formula is C21H15N5O2. The number of aromatic nitrogens is 2. The van der Waals surface area contributed by atoms with Crippen molar-refractivity contribution in [1.29, 1.82) is 0 Å². The summed E-state index contributed by atoms with van der Waals surface area (Å²) in [6, 6.07) is 13.0. The molecule has 136 valence electrons. The van der Waals surface area contributed by atoms with Crippen LogP contribution in [0.3, 0.4) is 0 Å². The largest absolute Gasteiger partial charge is 0.490 e. The van der Waals surface area contributed by atoms with Crippen LogP contribution in [0.15, 0.2) is 75.9 Å². The molecule has 0 unspecified atom stereocenters. The van der Waals surface area contributed by atoms with E-state index in [0.717, 1.165) is 22.3 Å². The Morgan fingerprint density at radius 2 is 1.96 bits per heavy atom. The van der Waals surface area contributed by atoms with E-state index in [9.17, 15) is 4.79 Å². The van der Waals surface area contributed by atoms with E-state index in [-0.39, 0.29) is 0 Å². The van der Waals surface area contributed by atoms with E-state index in [1.54, 1.807) is 18.4 Å². The SMILES string of the molecule is O=C1\C=N/C=c2/cccc/c2=N\c2ncnc3ccc(cc23)OC/C=C\C=N\1. The van der Waals surface area contributed by atoms with Crippen LogP contribution in [0.25, 0.3) is 17.1 Å². The first-order chi connectivity index (χ1) is 13.8. The summed E-state index contributed by atoms with van der Waals surface area (Å²) < 4.78 is 5.73. The predicted molar refractivity (Wildman–Crippen MR) is 108 cm³/mol. The molecular weight excluding hydrogens is 354 g/mol. The van der Waals surface area contributed by atoms with Crippen LogP contribution in [-0.4, -0.2) is 34.9 Å². The molecule has 0 saturated carbocycles. The number of allylic oxidation sites excluding steroid dienone is 1. The molecule has 0 radical (unpaired) electrons. The van der Waals surface area contributed by atoms with Gasteiger partial charge in [-0.25, -0.2) is 20.0 Å². The molecule has 3 aromatic rings. The van der Waals surface area contributed by atoms with Crippen molar-refractivity contribution < 1.29 is 9.53 Å². The lowest BCUT2D eigenvalue weighted by atomic mass is 10.2. The van der Waals surface area contributed by atoms with Crippen LogP contribution in [0.4, 0.5) is 5.82 Å². The molecule has 1 aliphatic heterocycles. The number of carbonyl (C=O) groups excluding carboxylic acids is 1. The first-order valence-electron chi connectivity index (χ1n) is 8.57. The van der Waals surface area contributed by atoms with Gasteiger partial charge in [0.2, 0.25) is 0 Å². The van der Waals surface area contributed by atoms with Crippen molar-refractivity contribution >= 4 is 41.3 Å². The Bertz CT molecular complexity index is 1250. The minimum atomic E-state index is -0.454. The topological polar surface area (TPSA) is 89.2 Å². The van der Waals surface area contributed by atoms with Gasteiger partial charge in [0.25, 0.3) is 5.91 Å². The quantitative estimate of drug-likeness (QED) is 0.606. The molecule has 4 rings (SSSR count). The van der Waals surface area contributed by atoms with Gasteiger partial charge >= 0.3 is 0 Å². The van der Waals surface area contributed by atoms with Crippen molar-refractivity contribution in [3.05, 3.63) is 71.5 Å². The van der Waals surface area contributed by atoms with Gasteiger partial charge in [-0.3, -0.25) is 9.79 Å². The number of fused-ring (bicyclic) bond motifs is 2. The van der Waals surface area contributed by atoms with E-state index in [1.165, 1.54) is 12.5 Å². The summed E-state index contributed by atoms with van der Waals surface area (Å²) >= 11 is 0. The zero-order valence-electron chi connectivity index (χ0n) is 14.8. The van der Waals surface area contributed by atoms with Gasteiger partial charge < -0.3 is 4.74 Å². The Morgan fingerprint density at radius 3 is 2.93 bits per heavy atom. The maximum Gasteiger partial charge on any atom is 0.288 e. The molecule has 0 atom stereocenters. The van der Waals surface area contributed by atoms with Gasteiger partial charge in [0, 0.05) is 23.0 Å². The third-order valence-corrected chi connectivity index (χ3v) is 3.92. The summed E-state index contributed by atoms with van der Waals surface area (Å²) in [7, 11) is 0. The molecule has 2 heterocycles. The Hall–Kier alpha value is -4.00. The molecule has 0 aliphatic carbocycles. The maximum atomic E-state index is 11.7. The number of rotatable bonds is 0. The van der Waals surface area contributed by atoms with Gasteiger partial charge in [-0.15, -0.1) is 0 Å². The Labute approximate surface area is 160 Å². The average molecular weight is 369 g/mol. The van der Waals surface area contributed by atoms with Crippen LogP contribution in [0, 0.1) is 0 Å². The fourth-order valence-electron chi connectivity index (χ4n) is 2.61. The van der Waals surface area contributed by atoms with E-state index in [2.05, 4.69) is 24.9 Å². The van der Waals surface area contributed by atoms with Crippen molar-refractivity contribution in [3.8, 4) is 5.75 Å². The second-order valence-corrected chi connectivity index (χ2v) is 5.81. The van der Waals surface area contributed by atoms with E-state index in [4.69, 9.17) is 4.74 Å². The highest BCUT2D eigenvalue weighted by molar-refractivity contribution is 6.28. The summed E-state index contributed by atoms with van der Waals surface area (Å²) in [6.45, 7) is 0.330. The monoisotopic (exact) mass is 369 g/mol. The summed E-state index contributed by atoms with van der Waals surface area (Å²) in [5.74, 6) is 0.744. The molecule has 7 heteroatoms. The van der Waals surface area contributed by atoms with Gasteiger partial charge in [0.05, 0.1) is 17.1 Å². The molecule has 2 aromatic carbocycles. The van der Waals surface area contributed by atoms with Gasteiger partial charge in [-0.05, 0) is 36.4 Å². The number of amides is 1. The summed E-state index contributed by atoms with van der Waals surface area (Å²) in [4.78, 5) is 32.8. The van der Waals surface area contributed by atoms with Crippen molar-refractivity contribution in [2.75, 3.05) is 6.61 Å². The Morgan fingerprint density at radius 1 is 1.04 bits per heavy atom. The molecule has 0 saturated heterocycles. The fraction of sp³-hybridized carbons (Fsp3) is 0.0476. The molecule has 7 nitrogen and oxygen atoms in total. The van der Waals surface area contributed by atoms with E-state index in [0.29, 0.717) is 23.5 Å². The van der Waals surface area contributed by atoms with Crippen LogP contribution in [0.5, 0.6) is 5.75 Å². The number of carbonyl (C=O) groups is 1. The van der Waals surface area contributed by atoms with Gasteiger partial charge in [0.15, 0.2) is 5.82 Å². The van der Waals surface area contributed by atoms with Crippen molar-refractivity contribution in [2.45, 2.75) is 0 Å². The summed E-state index contributed by atoms with van der Waals surface area (Å²) in [5.41, 5.74) is 0.770. The number of hydrogen-bond acceptors (Lipinski definition) is 6. The fourth-order valence-corrected chi connectivity index (χ4v) is 2.61. The zero-order valence-corrected chi connectivity index (χ0v) is 14.8. The number of hydrogen-bond donors (Lipinski definition) is 0. The van der Waals surface area contributed by atoms with Crippen LogP contribution < -0.4 is 15.3 Å². The minimum absolute atomic E-state index is 0.330. The molecule has 2 bridgehead atoms. The van der Waals surface area contributed by atoms with Crippen LogP contribution >= 0.6 is 0 Å². The number of ether oxygens (including phenoxy) is 1. The normalized spacial score (nSPS) is 19.9. The van der Waals surface area contributed by atoms with Crippen LogP contribution in [0.1, 0.15) is 0 Å². The standard InChI is InChI=1S/C21H15N5O2/c27-20-13-22-12-15-5-1-2-6-18(15)26-21-17-11-16(28-10-4-3-9-23-20)7-8-19(17)24-14-25-21/h1-9,11-14H,10H2/b4-3-,15-12-,22-13-,23-9+,26-18+. The number of nitrogens with zero attached hydrogens (tertiary/aromatic N) is 5. The van der Waals surface area contributed by atoms with E-state index < -0.39 is 5.91 Å². The molecule has 1 aromatic heterocycles. The van der Waals surface area contributed by atoms with E-state index >= 15 is 0 Å². The Balaban J connectivity index is 1.93. The highest BCUT2D eigenvalue weighted by Gasteiger charge is 2.05. The van der Waals surface area contributed by atoms with Gasteiger partial charge in [0.1, 0.15) is 18.7 Å². The third-order valence-electron chi connectivity index (χ3n) is 3.92. The third kappa shape index (κ3) is 4.04. The predicted octanol–water partition coefficient (Wildman–Crippen LogP) is 1.94. The average Bonchev–Trinajstić information content (AvgIpc) is 2.72. The lowest BCUT2D eigenvalue weighted by molar-refractivity contribution is -0.111. The highest BCUT2D eigenvalue weighted by atomic mass is 16.5. The Kier molecular flexibility index (Phi) is 5.06. The molecule has 1 amide bonds. The number of aliphatic imine (C=N–C) groups is 2. The van der Waals surface area contributed by atoms with Gasteiger partial charge in [-0.2, -0.15) is 0 Å². The number of para-hydroxylation sites is 1. The number of benzene rings is 2.